The Morgan fingerprint density at radius 1 is 1.42 bits per heavy atom. The highest BCUT2D eigenvalue weighted by atomic mass is 32.2. The number of piperidine rings is 1. The molecular formula is C13H24N2O3S. The van der Waals surface area contributed by atoms with Crippen molar-refractivity contribution in [1.29, 1.82) is 0 Å². The van der Waals surface area contributed by atoms with Gasteiger partial charge in [-0.15, -0.1) is 0 Å². The average Bonchev–Trinajstić information content (AvgIpc) is 2.37. The highest BCUT2D eigenvalue weighted by Crippen LogP contribution is 2.22. The van der Waals surface area contributed by atoms with Crippen molar-refractivity contribution in [3.8, 4) is 0 Å². The number of urea groups is 1. The van der Waals surface area contributed by atoms with Crippen molar-refractivity contribution in [2.24, 2.45) is 11.8 Å². The Balaban J connectivity index is 2.50. The predicted molar refractivity (Wildman–Crippen MR) is 77.5 cm³/mol. The Morgan fingerprint density at radius 3 is 2.63 bits per heavy atom. The van der Waals surface area contributed by atoms with E-state index in [0.717, 1.165) is 12.2 Å². The summed E-state index contributed by atoms with van der Waals surface area (Å²) >= 11 is 1.58. The molecule has 0 aromatic carbocycles. The first kappa shape index (κ1) is 16.1. The van der Waals surface area contributed by atoms with Crippen LogP contribution in [0.1, 0.15) is 26.7 Å². The van der Waals surface area contributed by atoms with E-state index in [4.69, 9.17) is 5.11 Å². The fraction of sp³-hybridized carbons (Fsp3) is 0.846. The number of nitrogens with zero attached hydrogens (tertiary/aromatic N) is 1. The molecule has 0 aromatic heterocycles. The third-order valence-corrected chi connectivity index (χ3v) is 4.47. The Hall–Kier alpha value is -0.910. The molecule has 1 aliphatic heterocycles. The van der Waals surface area contributed by atoms with E-state index in [1.807, 2.05) is 6.26 Å². The minimum Gasteiger partial charge on any atom is -0.480 e. The first-order valence-electron chi connectivity index (χ1n) is 6.72. The summed E-state index contributed by atoms with van der Waals surface area (Å²) in [6, 6.07) is -1.03. The zero-order valence-electron chi connectivity index (χ0n) is 11.9. The number of carboxylic acids is 1. The van der Waals surface area contributed by atoms with Crippen LogP contribution in [-0.2, 0) is 4.79 Å². The van der Waals surface area contributed by atoms with E-state index in [0.29, 0.717) is 31.3 Å². The van der Waals surface area contributed by atoms with Crippen LogP contribution in [0.25, 0.3) is 0 Å². The zero-order chi connectivity index (χ0) is 14.4. The molecule has 1 saturated heterocycles. The van der Waals surface area contributed by atoms with Gasteiger partial charge in [-0.05, 0) is 36.7 Å². The number of aliphatic carboxylic acids is 1. The molecule has 110 valence electrons. The van der Waals surface area contributed by atoms with Gasteiger partial charge in [-0.2, -0.15) is 11.8 Å². The molecule has 0 saturated carbocycles. The number of hydrogen-bond donors (Lipinski definition) is 2. The summed E-state index contributed by atoms with van der Waals surface area (Å²) < 4.78 is 0. The fourth-order valence-electron chi connectivity index (χ4n) is 2.18. The van der Waals surface area contributed by atoms with Gasteiger partial charge in [0.2, 0.25) is 0 Å². The van der Waals surface area contributed by atoms with Gasteiger partial charge in [0, 0.05) is 13.1 Å². The number of likely N-dealkylation sites (tertiary alicyclic amines) is 1. The van der Waals surface area contributed by atoms with Gasteiger partial charge in [0.05, 0.1) is 0 Å². The van der Waals surface area contributed by atoms with Crippen LogP contribution < -0.4 is 5.32 Å². The van der Waals surface area contributed by atoms with Crippen LogP contribution in [0.15, 0.2) is 0 Å². The van der Waals surface area contributed by atoms with E-state index in [9.17, 15) is 9.59 Å². The third-order valence-electron chi connectivity index (χ3n) is 3.83. The van der Waals surface area contributed by atoms with Gasteiger partial charge in [-0.1, -0.05) is 13.8 Å². The molecule has 5 nitrogen and oxygen atoms in total. The second kappa shape index (κ2) is 7.62. The van der Waals surface area contributed by atoms with Gasteiger partial charge >= 0.3 is 12.0 Å². The van der Waals surface area contributed by atoms with E-state index < -0.39 is 12.0 Å². The minimum absolute atomic E-state index is 0.243. The molecule has 0 radical (unpaired) electrons. The third kappa shape index (κ3) is 4.93. The van der Waals surface area contributed by atoms with Crippen molar-refractivity contribution in [1.82, 2.24) is 10.2 Å². The van der Waals surface area contributed by atoms with E-state index in [2.05, 4.69) is 19.2 Å². The average molecular weight is 288 g/mol. The lowest BCUT2D eigenvalue weighted by Gasteiger charge is -2.35. The Bertz CT molecular complexity index is 325. The smallest absolute Gasteiger partial charge is 0.326 e. The number of carbonyl (C=O) groups excluding carboxylic acids is 1. The maximum atomic E-state index is 12.1. The molecule has 1 aliphatic rings. The predicted octanol–water partition coefficient (Wildman–Crippen LogP) is 1.88. The molecule has 1 fully saturated rings. The van der Waals surface area contributed by atoms with E-state index >= 15 is 0 Å². The van der Waals surface area contributed by atoms with Crippen LogP contribution in [0, 0.1) is 11.8 Å². The quantitative estimate of drug-likeness (QED) is 0.810. The van der Waals surface area contributed by atoms with Crippen molar-refractivity contribution < 1.29 is 14.7 Å². The van der Waals surface area contributed by atoms with Crippen molar-refractivity contribution in [3.05, 3.63) is 0 Å². The topological polar surface area (TPSA) is 69.6 Å². The highest BCUT2D eigenvalue weighted by molar-refractivity contribution is 7.98. The van der Waals surface area contributed by atoms with Crippen LogP contribution in [0.2, 0.25) is 0 Å². The lowest BCUT2D eigenvalue weighted by molar-refractivity contribution is -0.139. The first-order chi connectivity index (χ1) is 8.95. The summed E-state index contributed by atoms with van der Waals surface area (Å²) in [6.07, 6.45) is 3.37. The second-order valence-electron chi connectivity index (χ2n) is 5.31. The molecular weight excluding hydrogens is 264 g/mol. The van der Waals surface area contributed by atoms with Crippen molar-refractivity contribution in [2.75, 3.05) is 25.1 Å². The molecule has 3 atom stereocenters. The molecule has 1 heterocycles. The molecule has 0 spiro atoms. The van der Waals surface area contributed by atoms with Crippen molar-refractivity contribution in [2.45, 2.75) is 32.7 Å². The summed E-state index contributed by atoms with van der Waals surface area (Å²) in [5, 5.41) is 11.7. The number of carbonyl (C=O) groups is 2. The van der Waals surface area contributed by atoms with Gasteiger partial charge in [0.15, 0.2) is 0 Å². The van der Waals surface area contributed by atoms with Gasteiger partial charge in [0.25, 0.3) is 0 Å². The van der Waals surface area contributed by atoms with Crippen LogP contribution in [0.3, 0.4) is 0 Å². The van der Waals surface area contributed by atoms with Crippen LogP contribution in [0.4, 0.5) is 4.79 Å². The Morgan fingerprint density at radius 2 is 2.11 bits per heavy atom. The molecule has 0 aliphatic carbocycles. The van der Waals surface area contributed by atoms with Crippen molar-refractivity contribution in [3.63, 3.8) is 0 Å². The van der Waals surface area contributed by atoms with E-state index in [1.165, 1.54) is 0 Å². The normalized spacial score (nSPS) is 24.9. The van der Waals surface area contributed by atoms with Crippen LogP contribution in [-0.4, -0.2) is 53.1 Å². The minimum atomic E-state index is -0.958. The lowest BCUT2D eigenvalue weighted by Crippen LogP contribution is -2.51. The molecule has 2 N–H and O–H groups in total. The number of rotatable bonds is 5. The zero-order valence-corrected chi connectivity index (χ0v) is 12.7. The van der Waals surface area contributed by atoms with E-state index in [1.54, 1.807) is 16.7 Å². The maximum absolute atomic E-state index is 12.1. The summed E-state index contributed by atoms with van der Waals surface area (Å²) in [6.45, 7) is 5.75. The van der Waals surface area contributed by atoms with E-state index in [-0.39, 0.29) is 6.03 Å². The number of amides is 2. The summed E-state index contributed by atoms with van der Waals surface area (Å²) in [5.74, 6) is 0.857. The largest absolute Gasteiger partial charge is 0.480 e. The van der Waals surface area contributed by atoms with Crippen LogP contribution >= 0.6 is 11.8 Å². The van der Waals surface area contributed by atoms with Crippen LogP contribution in [0.5, 0.6) is 0 Å². The van der Waals surface area contributed by atoms with Gasteiger partial charge in [-0.25, -0.2) is 9.59 Å². The summed E-state index contributed by atoms with van der Waals surface area (Å²) in [5.41, 5.74) is 0. The van der Waals surface area contributed by atoms with Gasteiger partial charge < -0.3 is 15.3 Å². The summed E-state index contributed by atoms with van der Waals surface area (Å²) in [4.78, 5) is 24.9. The molecule has 0 bridgehead atoms. The molecule has 3 unspecified atom stereocenters. The number of hydrogen-bond acceptors (Lipinski definition) is 3. The highest BCUT2D eigenvalue weighted by Gasteiger charge is 2.28. The van der Waals surface area contributed by atoms with Gasteiger partial charge in [-0.3, -0.25) is 0 Å². The summed E-state index contributed by atoms with van der Waals surface area (Å²) in [7, 11) is 0. The molecule has 6 heteroatoms. The van der Waals surface area contributed by atoms with Gasteiger partial charge in [0.1, 0.15) is 6.04 Å². The molecule has 19 heavy (non-hydrogen) atoms. The van der Waals surface area contributed by atoms with Crippen molar-refractivity contribution >= 4 is 23.8 Å². The number of carboxylic acid groups (broad SMARTS) is 1. The Kier molecular flexibility index (Phi) is 6.48. The maximum Gasteiger partial charge on any atom is 0.326 e. The Labute approximate surface area is 119 Å². The second-order valence-corrected chi connectivity index (χ2v) is 6.30. The fourth-order valence-corrected chi connectivity index (χ4v) is 2.65. The SMILES string of the molecule is CSCCC(NC(=O)N1CCC(C)C(C)C1)C(=O)O. The first-order valence-corrected chi connectivity index (χ1v) is 8.12. The molecule has 1 rings (SSSR count). The number of nitrogens with one attached hydrogen (secondary N) is 1. The monoisotopic (exact) mass is 288 g/mol. The number of thioether (sulfide) groups is 1. The molecule has 2 amide bonds. The lowest BCUT2D eigenvalue weighted by atomic mass is 9.89. The standard InChI is InChI=1S/C13H24N2O3S/c1-9-4-6-15(8-10(9)2)13(18)14-11(12(16)17)5-7-19-3/h9-11H,4-8H2,1-3H3,(H,14,18)(H,16,17). The molecule has 0 aromatic rings.